The highest BCUT2D eigenvalue weighted by atomic mass is 35.5. The van der Waals surface area contributed by atoms with Crippen LogP contribution in [0.25, 0.3) is 6.08 Å². The first-order chi connectivity index (χ1) is 15.2. The van der Waals surface area contributed by atoms with Crippen LogP contribution in [-0.4, -0.2) is 41.4 Å². The Bertz CT molecular complexity index is 1150. The van der Waals surface area contributed by atoms with Crippen LogP contribution in [0.15, 0.2) is 47.0 Å². The summed E-state index contributed by atoms with van der Waals surface area (Å²) in [6, 6.07) is 4.50. The molecule has 1 fully saturated rings. The number of imide groups is 1. The lowest BCUT2D eigenvalue weighted by molar-refractivity contribution is -0.385. The molecule has 2 aromatic rings. The summed E-state index contributed by atoms with van der Waals surface area (Å²) in [6.45, 7) is 3.21. The summed E-state index contributed by atoms with van der Waals surface area (Å²) < 4.78 is 15.2. The normalized spacial score (nSPS) is 14.4. The minimum atomic E-state index is -0.748. The SMILES string of the molecule is C=CCOc1c(/C=C2\NC(=O)N(Cc3ccc(C(=O)OC)o3)C2=O)cc(Cl)cc1[N+](=O)[O-]. The Balaban J connectivity index is 1.91. The van der Waals surface area contributed by atoms with Gasteiger partial charge in [0.05, 0.1) is 18.6 Å². The average Bonchev–Trinajstić information content (AvgIpc) is 3.32. The number of nitrogens with zero attached hydrogens (tertiary/aromatic N) is 2. The molecule has 1 N–H and O–H groups in total. The molecule has 0 unspecified atom stereocenters. The molecule has 2 heterocycles. The predicted molar refractivity (Wildman–Crippen MR) is 111 cm³/mol. The second-order valence-electron chi connectivity index (χ2n) is 6.34. The van der Waals surface area contributed by atoms with Crippen LogP contribution in [0, 0.1) is 10.1 Å². The van der Waals surface area contributed by atoms with Gasteiger partial charge in [0.25, 0.3) is 5.91 Å². The maximum atomic E-state index is 12.8. The first-order valence-electron chi connectivity index (χ1n) is 8.98. The van der Waals surface area contributed by atoms with Crippen molar-refractivity contribution in [3.05, 3.63) is 74.8 Å². The number of esters is 1. The molecule has 166 valence electrons. The van der Waals surface area contributed by atoms with Crippen molar-refractivity contribution >= 4 is 41.3 Å². The zero-order valence-corrected chi connectivity index (χ0v) is 17.4. The number of nitrogens with one attached hydrogen (secondary N) is 1. The Morgan fingerprint density at radius 1 is 1.38 bits per heavy atom. The monoisotopic (exact) mass is 461 g/mol. The maximum absolute atomic E-state index is 12.8. The number of carbonyl (C=O) groups excluding carboxylic acids is 3. The Kier molecular flexibility index (Phi) is 6.59. The number of carbonyl (C=O) groups is 3. The van der Waals surface area contributed by atoms with Gasteiger partial charge in [0, 0.05) is 16.7 Å². The van der Waals surface area contributed by atoms with Crippen molar-refractivity contribution in [1.82, 2.24) is 10.2 Å². The summed E-state index contributed by atoms with van der Waals surface area (Å²) in [7, 11) is 1.19. The lowest BCUT2D eigenvalue weighted by atomic mass is 10.1. The van der Waals surface area contributed by atoms with Crippen LogP contribution in [0.5, 0.6) is 5.75 Å². The summed E-state index contributed by atoms with van der Waals surface area (Å²) in [5.41, 5.74) is -0.456. The minimum absolute atomic E-state index is 0.0356. The van der Waals surface area contributed by atoms with Gasteiger partial charge in [-0.2, -0.15) is 0 Å². The van der Waals surface area contributed by atoms with Crippen molar-refractivity contribution in [3.8, 4) is 5.75 Å². The molecule has 0 spiro atoms. The number of methoxy groups -OCH3 is 1. The molecule has 0 atom stereocenters. The third kappa shape index (κ3) is 4.62. The number of nitro benzene ring substituents is 1. The van der Waals surface area contributed by atoms with E-state index < -0.39 is 28.5 Å². The quantitative estimate of drug-likeness (QED) is 0.158. The Labute approximate surface area is 186 Å². The maximum Gasteiger partial charge on any atom is 0.373 e. The Morgan fingerprint density at radius 2 is 2.12 bits per heavy atom. The van der Waals surface area contributed by atoms with E-state index in [1.807, 2.05) is 0 Å². The topological polar surface area (TPSA) is 141 Å². The van der Waals surface area contributed by atoms with Gasteiger partial charge in [0.1, 0.15) is 18.1 Å². The molecule has 0 radical (unpaired) electrons. The van der Waals surface area contributed by atoms with Gasteiger partial charge in [-0.05, 0) is 24.3 Å². The van der Waals surface area contributed by atoms with Crippen molar-refractivity contribution in [2.24, 2.45) is 0 Å². The molecule has 12 heteroatoms. The molecule has 1 aliphatic rings. The fraction of sp³-hybridized carbons (Fsp3) is 0.150. The Hall–Kier alpha value is -4.12. The number of amides is 3. The van der Waals surface area contributed by atoms with Gasteiger partial charge < -0.3 is 19.2 Å². The number of nitro groups is 1. The Morgan fingerprint density at radius 3 is 2.78 bits per heavy atom. The summed E-state index contributed by atoms with van der Waals surface area (Å²) >= 11 is 5.98. The van der Waals surface area contributed by atoms with Crippen molar-refractivity contribution in [2.75, 3.05) is 13.7 Å². The standard InChI is InChI=1S/C20H16ClN3O8/c1-3-6-31-17-11(7-12(21)9-15(17)24(28)29)8-14-18(25)23(20(27)22-14)10-13-4-5-16(32-13)19(26)30-2/h3-5,7-9H,1,6,10H2,2H3,(H,22,27)/b14-8-. The highest BCUT2D eigenvalue weighted by Crippen LogP contribution is 2.36. The molecule has 3 amide bonds. The predicted octanol–water partition coefficient (Wildman–Crippen LogP) is 3.29. The highest BCUT2D eigenvalue weighted by Gasteiger charge is 2.35. The van der Waals surface area contributed by atoms with Crippen LogP contribution < -0.4 is 10.1 Å². The van der Waals surface area contributed by atoms with Crippen LogP contribution in [0.3, 0.4) is 0 Å². The number of hydrogen-bond acceptors (Lipinski definition) is 8. The van der Waals surface area contributed by atoms with Gasteiger partial charge in [0.15, 0.2) is 0 Å². The average molecular weight is 462 g/mol. The zero-order valence-electron chi connectivity index (χ0n) is 16.6. The summed E-state index contributed by atoms with van der Waals surface area (Å²) in [6.07, 6.45) is 2.62. The third-order valence-corrected chi connectivity index (χ3v) is 4.45. The largest absolute Gasteiger partial charge is 0.482 e. The molecule has 32 heavy (non-hydrogen) atoms. The molecule has 1 aromatic heterocycles. The van der Waals surface area contributed by atoms with Gasteiger partial charge in [-0.25, -0.2) is 9.59 Å². The number of urea groups is 1. The van der Waals surface area contributed by atoms with Crippen molar-refractivity contribution in [3.63, 3.8) is 0 Å². The lowest BCUT2D eigenvalue weighted by Gasteiger charge is -2.10. The molecule has 11 nitrogen and oxygen atoms in total. The van der Waals surface area contributed by atoms with E-state index in [1.165, 1.54) is 37.5 Å². The van der Waals surface area contributed by atoms with Crippen LogP contribution in [-0.2, 0) is 16.1 Å². The molecule has 1 aromatic carbocycles. The van der Waals surface area contributed by atoms with Gasteiger partial charge in [-0.1, -0.05) is 24.3 Å². The number of halogens is 1. The molecule has 0 aliphatic carbocycles. The van der Waals surface area contributed by atoms with Gasteiger partial charge in [-0.3, -0.25) is 19.8 Å². The molecule has 0 saturated carbocycles. The van der Waals surface area contributed by atoms with E-state index in [2.05, 4.69) is 16.6 Å². The molecule has 3 rings (SSSR count). The summed E-state index contributed by atoms with van der Waals surface area (Å²) in [5, 5.41) is 13.8. The van der Waals surface area contributed by atoms with Crippen LogP contribution in [0.2, 0.25) is 5.02 Å². The summed E-state index contributed by atoms with van der Waals surface area (Å²) in [4.78, 5) is 48.2. The van der Waals surface area contributed by atoms with E-state index in [4.69, 9.17) is 20.8 Å². The highest BCUT2D eigenvalue weighted by molar-refractivity contribution is 6.31. The minimum Gasteiger partial charge on any atom is -0.482 e. The molecule has 1 aliphatic heterocycles. The molecular formula is C20H16ClN3O8. The van der Waals surface area contributed by atoms with Gasteiger partial charge in [-0.15, -0.1) is 0 Å². The fourth-order valence-electron chi connectivity index (χ4n) is 2.84. The number of ether oxygens (including phenoxy) is 2. The molecule has 1 saturated heterocycles. The third-order valence-electron chi connectivity index (χ3n) is 4.23. The number of rotatable bonds is 8. The second-order valence-corrected chi connectivity index (χ2v) is 6.77. The zero-order chi connectivity index (χ0) is 23.4. The van der Waals surface area contributed by atoms with E-state index in [0.29, 0.717) is 0 Å². The fourth-order valence-corrected chi connectivity index (χ4v) is 3.06. The van der Waals surface area contributed by atoms with E-state index in [-0.39, 0.29) is 46.7 Å². The van der Waals surface area contributed by atoms with Crippen molar-refractivity contribution in [2.45, 2.75) is 6.54 Å². The van der Waals surface area contributed by atoms with E-state index in [0.717, 1.165) is 11.0 Å². The number of furan rings is 1. The first-order valence-corrected chi connectivity index (χ1v) is 9.36. The van der Waals surface area contributed by atoms with E-state index in [9.17, 15) is 24.5 Å². The van der Waals surface area contributed by atoms with Crippen molar-refractivity contribution < 1.29 is 33.2 Å². The molecular weight excluding hydrogens is 446 g/mol. The van der Waals surface area contributed by atoms with Gasteiger partial charge >= 0.3 is 17.7 Å². The summed E-state index contributed by atoms with van der Waals surface area (Å²) in [5.74, 6) is -1.47. The number of hydrogen-bond donors (Lipinski definition) is 1. The van der Waals surface area contributed by atoms with E-state index >= 15 is 0 Å². The van der Waals surface area contributed by atoms with Crippen LogP contribution >= 0.6 is 11.6 Å². The van der Waals surface area contributed by atoms with Gasteiger partial charge in [0.2, 0.25) is 11.5 Å². The second kappa shape index (κ2) is 9.35. The van der Waals surface area contributed by atoms with E-state index in [1.54, 1.807) is 0 Å². The smallest absolute Gasteiger partial charge is 0.373 e. The number of benzene rings is 1. The lowest BCUT2D eigenvalue weighted by Crippen LogP contribution is -2.30. The van der Waals surface area contributed by atoms with Crippen molar-refractivity contribution in [1.29, 1.82) is 0 Å². The van der Waals surface area contributed by atoms with Crippen LogP contribution in [0.1, 0.15) is 21.9 Å². The van der Waals surface area contributed by atoms with Crippen LogP contribution in [0.4, 0.5) is 10.5 Å². The first kappa shape index (κ1) is 22.6. The molecule has 0 bridgehead atoms.